The van der Waals surface area contributed by atoms with E-state index >= 15 is 0 Å². The Kier molecular flexibility index (Phi) is 2.85. The highest BCUT2D eigenvalue weighted by Crippen LogP contribution is 2.27. The third kappa shape index (κ3) is 2.22. The van der Waals surface area contributed by atoms with E-state index in [0.29, 0.717) is 6.29 Å². The summed E-state index contributed by atoms with van der Waals surface area (Å²) >= 11 is 0. The van der Waals surface area contributed by atoms with Gasteiger partial charge < -0.3 is 15.2 Å². The van der Waals surface area contributed by atoms with Crippen molar-refractivity contribution < 1.29 is 14.7 Å². The Morgan fingerprint density at radius 2 is 1.75 bits per heavy atom. The van der Waals surface area contributed by atoms with E-state index in [1.807, 2.05) is 0 Å². The fourth-order valence-corrected chi connectivity index (χ4v) is 0.616. The number of nitrogens with one attached hydrogen (secondary N) is 1. The van der Waals surface area contributed by atoms with Crippen LogP contribution in [0.5, 0.6) is 0 Å². The van der Waals surface area contributed by atoms with Crippen molar-refractivity contribution in [3.05, 3.63) is 0 Å². The molecule has 0 unspecified atom stereocenters. The SMILES string of the molecule is CC(C)(C)[C@@](C)(C=O)NC(=O)O. The molecule has 0 rings (SSSR count). The summed E-state index contributed by atoms with van der Waals surface area (Å²) < 4.78 is 0. The lowest BCUT2D eigenvalue weighted by Crippen LogP contribution is -2.55. The zero-order valence-electron chi connectivity index (χ0n) is 7.84. The summed E-state index contributed by atoms with van der Waals surface area (Å²) in [6.45, 7) is 6.97. The van der Waals surface area contributed by atoms with Gasteiger partial charge in [0.15, 0.2) is 0 Å². The van der Waals surface area contributed by atoms with Crippen molar-refractivity contribution in [2.24, 2.45) is 5.41 Å². The first-order chi connectivity index (χ1) is 5.23. The smallest absolute Gasteiger partial charge is 0.405 e. The number of aldehydes is 1. The number of amides is 1. The van der Waals surface area contributed by atoms with Crippen molar-refractivity contribution in [3.8, 4) is 0 Å². The quantitative estimate of drug-likeness (QED) is 0.618. The van der Waals surface area contributed by atoms with Crippen LogP contribution in [0.3, 0.4) is 0 Å². The Morgan fingerprint density at radius 3 is 1.83 bits per heavy atom. The number of hydrogen-bond donors (Lipinski definition) is 2. The van der Waals surface area contributed by atoms with Gasteiger partial charge in [-0.05, 0) is 12.3 Å². The van der Waals surface area contributed by atoms with E-state index in [9.17, 15) is 9.59 Å². The Bertz CT molecular complexity index is 195. The summed E-state index contributed by atoms with van der Waals surface area (Å²) in [5.41, 5.74) is -1.45. The number of hydrogen-bond acceptors (Lipinski definition) is 2. The van der Waals surface area contributed by atoms with Crippen LogP contribution in [-0.2, 0) is 4.79 Å². The van der Waals surface area contributed by atoms with Gasteiger partial charge in [-0.1, -0.05) is 20.8 Å². The molecule has 70 valence electrons. The van der Waals surface area contributed by atoms with Crippen molar-refractivity contribution in [1.82, 2.24) is 5.32 Å². The fraction of sp³-hybridized carbons (Fsp3) is 0.750. The molecule has 0 aromatic carbocycles. The molecule has 0 radical (unpaired) electrons. The van der Waals surface area contributed by atoms with E-state index in [2.05, 4.69) is 5.32 Å². The monoisotopic (exact) mass is 173 g/mol. The highest BCUT2D eigenvalue weighted by Gasteiger charge is 2.38. The van der Waals surface area contributed by atoms with Crippen LogP contribution < -0.4 is 5.32 Å². The van der Waals surface area contributed by atoms with Crippen molar-refractivity contribution in [1.29, 1.82) is 0 Å². The summed E-state index contributed by atoms with van der Waals surface area (Å²) in [5.74, 6) is 0. The molecule has 4 nitrogen and oxygen atoms in total. The van der Waals surface area contributed by atoms with E-state index < -0.39 is 17.0 Å². The molecule has 0 fully saturated rings. The number of rotatable bonds is 2. The Morgan fingerprint density at radius 1 is 1.33 bits per heavy atom. The van der Waals surface area contributed by atoms with Gasteiger partial charge >= 0.3 is 6.09 Å². The molecule has 0 heterocycles. The van der Waals surface area contributed by atoms with Crippen LogP contribution in [-0.4, -0.2) is 23.0 Å². The summed E-state index contributed by atoms with van der Waals surface area (Å²) in [4.78, 5) is 21.0. The number of carboxylic acid groups (broad SMARTS) is 1. The van der Waals surface area contributed by atoms with E-state index in [-0.39, 0.29) is 0 Å². The normalized spacial score (nSPS) is 16.3. The lowest BCUT2D eigenvalue weighted by atomic mass is 9.76. The molecule has 0 aliphatic carbocycles. The van der Waals surface area contributed by atoms with Gasteiger partial charge in [0.1, 0.15) is 11.8 Å². The maximum absolute atomic E-state index is 10.7. The summed E-state index contributed by atoms with van der Waals surface area (Å²) in [7, 11) is 0. The average Bonchev–Trinajstić information content (AvgIpc) is 1.83. The van der Waals surface area contributed by atoms with Crippen LogP contribution in [0, 0.1) is 5.41 Å². The second-order valence-electron chi connectivity index (χ2n) is 4.00. The third-order valence-electron chi connectivity index (χ3n) is 2.16. The van der Waals surface area contributed by atoms with E-state index in [4.69, 9.17) is 5.11 Å². The van der Waals surface area contributed by atoms with Crippen molar-refractivity contribution in [3.63, 3.8) is 0 Å². The standard InChI is InChI=1S/C8H15NO3/c1-7(2,3)8(4,5-10)9-6(11)12/h5,9H,1-4H3,(H,11,12)/t8-/m1/s1. The predicted molar refractivity (Wildman–Crippen MR) is 45.1 cm³/mol. The van der Waals surface area contributed by atoms with Gasteiger partial charge in [0.05, 0.1) is 0 Å². The minimum absolute atomic E-state index is 0.423. The molecule has 0 aliphatic rings. The largest absolute Gasteiger partial charge is 0.465 e. The highest BCUT2D eigenvalue weighted by atomic mass is 16.4. The van der Waals surface area contributed by atoms with Crippen LogP contribution in [0.4, 0.5) is 4.79 Å². The first kappa shape index (κ1) is 10.9. The maximum Gasteiger partial charge on any atom is 0.405 e. The van der Waals surface area contributed by atoms with Gasteiger partial charge in [-0.3, -0.25) is 0 Å². The van der Waals surface area contributed by atoms with Gasteiger partial charge in [-0.15, -0.1) is 0 Å². The predicted octanol–water partition coefficient (Wildman–Crippen LogP) is 1.26. The lowest BCUT2D eigenvalue weighted by Gasteiger charge is -2.36. The van der Waals surface area contributed by atoms with Gasteiger partial charge in [0, 0.05) is 0 Å². The molecular weight excluding hydrogens is 158 g/mol. The highest BCUT2D eigenvalue weighted by molar-refractivity contribution is 5.75. The van der Waals surface area contributed by atoms with E-state index in [1.54, 1.807) is 27.7 Å². The average molecular weight is 173 g/mol. The third-order valence-corrected chi connectivity index (χ3v) is 2.16. The molecule has 0 bridgehead atoms. The van der Waals surface area contributed by atoms with Gasteiger partial charge in [-0.2, -0.15) is 0 Å². The van der Waals surface area contributed by atoms with E-state index in [0.717, 1.165) is 0 Å². The van der Waals surface area contributed by atoms with Crippen LogP contribution >= 0.6 is 0 Å². The van der Waals surface area contributed by atoms with E-state index in [1.165, 1.54) is 0 Å². The minimum atomic E-state index is -1.18. The number of carbonyl (C=O) groups is 2. The summed E-state index contributed by atoms with van der Waals surface area (Å²) in [6.07, 6.45) is -0.555. The first-order valence-electron chi connectivity index (χ1n) is 3.70. The molecule has 0 aliphatic heterocycles. The number of carbonyl (C=O) groups excluding carboxylic acids is 1. The maximum atomic E-state index is 10.7. The molecule has 2 N–H and O–H groups in total. The summed E-state index contributed by atoms with van der Waals surface area (Å²) in [5, 5.41) is 10.7. The van der Waals surface area contributed by atoms with Crippen LogP contribution in [0.25, 0.3) is 0 Å². The Balaban J connectivity index is 4.68. The first-order valence-corrected chi connectivity index (χ1v) is 3.70. The van der Waals surface area contributed by atoms with Crippen molar-refractivity contribution >= 4 is 12.4 Å². The minimum Gasteiger partial charge on any atom is -0.465 e. The molecule has 4 heteroatoms. The molecule has 1 atom stereocenters. The van der Waals surface area contributed by atoms with Gasteiger partial charge in [0.25, 0.3) is 0 Å². The Hall–Kier alpha value is -1.06. The molecule has 12 heavy (non-hydrogen) atoms. The molecule has 0 saturated heterocycles. The zero-order valence-corrected chi connectivity index (χ0v) is 7.84. The molecule has 0 aromatic rings. The molecule has 0 spiro atoms. The molecular formula is C8H15NO3. The molecule has 0 saturated carbocycles. The van der Waals surface area contributed by atoms with Crippen LogP contribution in [0.1, 0.15) is 27.7 Å². The van der Waals surface area contributed by atoms with Crippen LogP contribution in [0.2, 0.25) is 0 Å². The van der Waals surface area contributed by atoms with Crippen LogP contribution in [0.15, 0.2) is 0 Å². The lowest BCUT2D eigenvalue weighted by molar-refractivity contribution is -0.116. The molecule has 0 aromatic heterocycles. The summed E-state index contributed by atoms with van der Waals surface area (Å²) in [6, 6.07) is 0. The van der Waals surface area contributed by atoms with Crippen molar-refractivity contribution in [2.45, 2.75) is 33.2 Å². The fourth-order valence-electron chi connectivity index (χ4n) is 0.616. The zero-order chi connectivity index (χ0) is 9.99. The van der Waals surface area contributed by atoms with Gasteiger partial charge in [-0.25, -0.2) is 4.79 Å². The second-order valence-corrected chi connectivity index (χ2v) is 4.00. The topological polar surface area (TPSA) is 66.4 Å². The molecule has 1 amide bonds. The van der Waals surface area contributed by atoms with Crippen molar-refractivity contribution in [2.75, 3.05) is 0 Å². The second kappa shape index (κ2) is 3.13. The Labute approximate surface area is 72.0 Å². The van der Waals surface area contributed by atoms with Gasteiger partial charge in [0.2, 0.25) is 0 Å².